The molecule has 6 nitrogen and oxygen atoms in total. The largest absolute Gasteiger partial charge is 0.493 e. The van der Waals surface area contributed by atoms with Crippen LogP contribution in [0, 0.1) is 0 Å². The van der Waals surface area contributed by atoms with Gasteiger partial charge in [0.1, 0.15) is 6.10 Å². The fourth-order valence-electron chi connectivity index (χ4n) is 3.22. The van der Waals surface area contributed by atoms with E-state index in [1.54, 1.807) is 12.0 Å². The smallest absolute Gasteiger partial charge is 0.314 e. The summed E-state index contributed by atoms with van der Waals surface area (Å²) in [7, 11) is 1.64. The lowest BCUT2D eigenvalue weighted by atomic mass is 10.1. The predicted molar refractivity (Wildman–Crippen MR) is 85.7 cm³/mol. The first-order valence-electron chi connectivity index (χ1n) is 8.18. The zero-order valence-electron chi connectivity index (χ0n) is 13.5. The molecular formula is C17H24N2O4. The van der Waals surface area contributed by atoms with Gasteiger partial charge in [0.2, 0.25) is 0 Å². The molecule has 1 saturated carbocycles. The van der Waals surface area contributed by atoms with Gasteiger partial charge in [0, 0.05) is 6.54 Å². The Morgan fingerprint density at radius 1 is 1.30 bits per heavy atom. The van der Waals surface area contributed by atoms with Crippen molar-refractivity contribution >= 4 is 6.03 Å². The molecular weight excluding hydrogens is 296 g/mol. The van der Waals surface area contributed by atoms with Gasteiger partial charge in [-0.15, -0.1) is 0 Å². The molecule has 1 aliphatic carbocycles. The monoisotopic (exact) mass is 320 g/mol. The van der Waals surface area contributed by atoms with Crippen molar-refractivity contribution in [1.82, 2.24) is 4.90 Å². The van der Waals surface area contributed by atoms with Crippen molar-refractivity contribution in [3.8, 4) is 11.5 Å². The number of primary amides is 1. The maximum Gasteiger partial charge on any atom is 0.314 e. The number of nitrogens with zero attached hydrogens (tertiary/aromatic N) is 1. The molecule has 1 atom stereocenters. The van der Waals surface area contributed by atoms with Gasteiger partial charge in [-0.2, -0.15) is 0 Å². The molecule has 3 rings (SSSR count). The number of benzene rings is 1. The number of nitrogens with two attached hydrogens (primary N) is 1. The minimum Gasteiger partial charge on any atom is -0.493 e. The van der Waals surface area contributed by atoms with Crippen molar-refractivity contribution in [2.75, 3.05) is 26.8 Å². The number of amides is 2. The summed E-state index contributed by atoms with van der Waals surface area (Å²) in [5.41, 5.74) is 6.36. The van der Waals surface area contributed by atoms with Gasteiger partial charge in [-0.05, 0) is 43.4 Å². The first-order chi connectivity index (χ1) is 11.2. The van der Waals surface area contributed by atoms with E-state index in [9.17, 15) is 4.79 Å². The highest BCUT2D eigenvalue weighted by Gasteiger charge is 2.25. The van der Waals surface area contributed by atoms with Gasteiger partial charge in [0.05, 0.1) is 26.4 Å². The van der Waals surface area contributed by atoms with E-state index in [1.807, 2.05) is 18.2 Å². The Labute approximate surface area is 136 Å². The van der Waals surface area contributed by atoms with Gasteiger partial charge in [-0.3, -0.25) is 0 Å². The zero-order chi connectivity index (χ0) is 16.2. The second-order valence-corrected chi connectivity index (χ2v) is 6.08. The van der Waals surface area contributed by atoms with Gasteiger partial charge < -0.3 is 24.8 Å². The van der Waals surface area contributed by atoms with Crippen molar-refractivity contribution in [2.24, 2.45) is 5.73 Å². The molecule has 1 saturated heterocycles. The van der Waals surface area contributed by atoms with Crippen LogP contribution < -0.4 is 15.2 Å². The van der Waals surface area contributed by atoms with Crippen LogP contribution in [0.3, 0.4) is 0 Å². The number of morpholine rings is 1. The molecule has 1 aliphatic heterocycles. The molecule has 6 heteroatoms. The molecule has 1 unspecified atom stereocenters. The molecule has 2 N–H and O–H groups in total. The van der Waals surface area contributed by atoms with Crippen LogP contribution >= 0.6 is 0 Å². The average molecular weight is 320 g/mol. The lowest BCUT2D eigenvalue weighted by molar-refractivity contribution is -0.0143. The zero-order valence-corrected chi connectivity index (χ0v) is 13.5. The number of methoxy groups -OCH3 is 1. The van der Waals surface area contributed by atoms with Crippen LogP contribution in [0.4, 0.5) is 4.79 Å². The molecule has 0 aromatic heterocycles. The minimum atomic E-state index is -0.408. The molecule has 1 aromatic carbocycles. The third-order valence-electron chi connectivity index (χ3n) is 4.53. The van der Waals surface area contributed by atoms with E-state index in [2.05, 4.69) is 0 Å². The van der Waals surface area contributed by atoms with Crippen LogP contribution in [0.25, 0.3) is 0 Å². The molecule has 23 heavy (non-hydrogen) atoms. The molecule has 2 amide bonds. The topological polar surface area (TPSA) is 74.0 Å². The van der Waals surface area contributed by atoms with E-state index in [0.29, 0.717) is 19.7 Å². The number of hydrogen-bond donors (Lipinski definition) is 1. The van der Waals surface area contributed by atoms with Crippen LogP contribution in [-0.2, 0) is 4.74 Å². The van der Waals surface area contributed by atoms with Crippen LogP contribution in [0.5, 0.6) is 11.5 Å². The maximum absolute atomic E-state index is 11.4. The summed E-state index contributed by atoms with van der Waals surface area (Å²) in [6, 6.07) is 5.41. The van der Waals surface area contributed by atoms with E-state index in [-0.39, 0.29) is 12.2 Å². The first-order valence-corrected chi connectivity index (χ1v) is 8.18. The van der Waals surface area contributed by atoms with Gasteiger partial charge in [-0.25, -0.2) is 4.79 Å². The van der Waals surface area contributed by atoms with Crippen LogP contribution in [0.15, 0.2) is 18.2 Å². The van der Waals surface area contributed by atoms with Gasteiger partial charge in [-0.1, -0.05) is 6.07 Å². The molecule has 2 aliphatic rings. The maximum atomic E-state index is 11.4. The van der Waals surface area contributed by atoms with Crippen LogP contribution in [0.2, 0.25) is 0 Å². The quantitative estimate of drug-likeness (QED) is 0.925. The van der Waals surface area contributed by atoms with Gasteiger partial charge in [0.25, 0.3) is 0 Å². The van der Waals surface area contributed by atoms with E-state index >= 15 is 0 Å². The molecule has 0 bridgehead atoms. The standard InChI is InChI=1S/C17H24N2O4/c1-21-14-7-6-12(10-15(14)23-13-4-2-3-5-13)16-11-19(17(18)20)8-9-22-16/h6-7,10,13,16H,2-5,8-9,11H2,1H3,(H2,18,20). The van der Waals surface area contributed by atoms with E-state index in [0.717, 1.165) is 29.9 Å². The minimum absolute atomic E-state index is 0.187. The number of carbonyl (C=O) groups excluding carboxylic acids is 1. The Hall–Kier alpha value is -1.95. The van der Waals surface area contributed by atoms with Crippen molar-refractivity contribution in [3.05, 3.63) is 23.8 Å². The van der Waals surface area contributed by atoms with Crippen LogP contribution in [-0.4, -0.2) is 43.8 Å². The number of ether oxygens (including phenoxy) is 3. The van der Waals surface area contributed by atoms with E-state index < -0.39 is 6.03 Å². The van der Waals surface area contributed by atoms with Gasteiger partial charge >= 0.3 is 6.03 Å². The van der Waals surface area contributed by atoms with Crippen LogP contribution in [0.1, 0.15) is 37.4 Å². The third kappa shape index (κ3) is 3.69. The third-order valence-corrected chi connectivity index (χ3v) is 4.53. The Morgan fingerprint density at radius 2 is 2.09 bits per heavy atom. The average Bonchev–Trinajstić information content (AvgIpc) is 3.08. The van der Waals surface area contributed by atoms with Crippen molar-refractivity contribution < 1.29 is 19.0 Å². The Morgan fingerprint density at radius 3 is 2.78 bits per heavy atom. The molecule has 126 valence electrons. The Kier molecular flexibility index (Phi) is 4.91. The van der Waals surface area contributed by atoms with E-state index in [1.165, 1.54) is 12.8 Å². The SMILES string of the molecule is COc1ccc(C2CN(C(N)=O)CCO2)cc1OC1CCCC1. The number of hydrogen-bond acceptors (Lipinski definition) is 4. The number of carbonyl (C=O) groups is 1. The lowest BCUT2D eigenvalue weighted by Gasteiger charge is -2.32. The molecule has 0 spiro atoms. The number of rotatable bonds is 4. The summed E-state index contributed by atoms with van der Waals surface area (Å²) in [6.07, 6.45) is 4.67. The summed E-state index contributed by atoms with van der Waals surface area (Å²) in [4.78, 5) is 13.0. The molecule has 1 heterocycles. The van der Waals surface area contributed by atoms with Gasteiger partial charge in [0.15, 0.2) is 11.5 Å². The molecule has 0 radical (unpaired) electrons. The van der Waals surface area contributed by atoms with Crippen molar-refractivity contribution in [1.29, 1.82) is 0 Å². The predicted octanol–water partition coefficient (Wildman–Crippen LogP) is 2.47. The highest BCUT2D eigenvalue weighted by atomic mass is 16.5. The summed E-state index contributed by atoms with van der Waals surface area (Å²) in [5.74, 6) is 1.47. The second kappa shape index (κ2) is 7.08. The Balaban J connectivity index is 1.77. The summed E-state index contributed by atoms with van der Waals surface area (Å²) in [5, 5.41) is 0. The first kappa shape index (κ1) is 15.9. The normalized spacial score (nSPS) is 22.1. The fraction of sp³-hybridized carbons (Fsp3) is 0.588. The summed E-state index contributed by atoms with van der Waals surface area (Å²) >= 11 is 0. The highest BCUT2D eigenvalue weighted by Crippen LogP contribution is 2.35. The molecule has 2 fully saturated rings. The molecule has 1 aromatic rings. The summed E-state index contributed by atoms with van der Waals surface area (Å²) in [6.45, 7) is 1.48. The highest BCUT2D eigenvalue weighted by molar-refractivity contribution is 5.72. The Bertz CT molecular complexity index is 558. The fourth-order valence-corrected chi connectivity index (χ4v) is 3.22. The number of urea groups is 1. The second-order valence-electron chi connectivity index (χ2n) is 6.08. The van der Waals surface area contributed by atoms with E-state index in [4.69, 9.17) is 19.9 Å². The van der Waals surface area contributed by atoms with Crippen molar-refractivity contribution in [2.45, 2.75) is 37.9 Å². The summed E-state index contributed by atoms with van der Waals surface area (Å²) < 4.78 is 17.3. The lowest BCUT2D eigenvalue weighted by Crippen LogP contribution is -2.44. The van der Waals surface area contributed by atoms with Crippen molar-refractivity contribution in [3.63, 3.8) is 0 Å².